The summed E-state index contributed by atoms with van der Waals surface area (Å²) in [5.74, 6) is 0.470. The molecule has 2 atom stereocenters. The van der Waals surface area contributed by atoms with Crippen LogP contribution in [0.3, 0.4) is 0 Å². The van der Waals surface area contributed by atoms with Crippen molar-refractivity contribution >= 4 is 5.71 Å². The van der Waals surface area contributed by atoms with Crippen LogP contribution in [0.4, 0.5) is 0 Å². The summed E-state index contributed by atoms with van der Waals surface area (Å²) >= 11 is 0. The van der Waals surface area contributed by atoms with E-state index in [1.165, 1.54) is 5.71 Å². The van der Waals surface area contributed by atoms with Crippen LogP contribution in [0.2, 0.25) is 0 Å². The fourth-order valence-electron chi connectivity index (χ4n) is 1.72. The highest BCUT2D eigenvalue weighted by atomic mass is 15.2. The molecule has 0 amide bonds. The van der Waals surface area contributed by atoms with Crippen molar-refractivity contribution < 1.29 is 0 Å². The predicted octanol–water partition coefficient (Wildman–Crippen LogP) is 0.297. The number of aliphatic imine (C=N–C) groups is 1. The SMILES string of the molecule is CCCNC1C(C(C)C)=NCNC1N. The second-order valence-electron chi connectivity index (χ2n) is 4.06. The molecule has 1 aliphatic rings. The van der Waals surface area contributed by atoms with E-state index in [4.69, 9.17) is 5.73 Å². The summed E-state index contributed by atoms with van der Waals surface area (Å²) in [5.41, 5.74) is 7.19. The summed E-state index contributed by atoms with van der Waals surface area (Å²) in [6, 6.07) is 0.198. The molecule has 0 saturated heterocycles. The molecular weight excluding hydrogens is 176 g/mol. The minimum Gasteiger partial charge on any atom is -0.314 e. The second kappa shape index (κ2) is 5.44. The highest BCUT2D eigenvalue weighted by Crippen LogP contribution is 2.08. The fraction of sp³-hybridized carbons (Fsp3) is 0.900. The Balaban J connectivity index is 2.63. The minimum atomic E-state index is -0.00329. The van der Waals surface area contributed by atoms with Crippen LogP contribution in [0.1, 0.15) is 27.2 Å². The normalized spacial score (nSPS) is 27.9. The molecule has 14 heavy (non-hydrogen) atoms. The molecule has 0 aromatic rings. The highest BCUT2D eigenvalue weighted by Gasteiger charge is 2.27. The average molecular weight is 198 g/mol. The highest BCUT2D eigenvalue weighted by molar-refractivity contribution is 5.92. The van der Waals surface area contributed by atoms with Crippen molar-refractivity contribution in [1.82, 2.24) is 10.6 Å². The van der Waals surface area contributed by atoms with Crippen molar-refractivity contribution in [2.45, 2.75) is 39.4 Å². The summed E-state index contributed by atoms with van der Waals surface area (Å²) in [5, 5.41) is 6.59. The zero-order valence-electron chi connectivity index (χ0n) is 9.38. The molecular formula is C10H22N4. The molecule has 1 heterocycles. The van der Waals surface area contributed by atoms with Crippen LogP contribution in [-0.2, 0) is 0 Å². The zero-order valence-corrected chi connectivity index (χ0v) is 9.38. The van der Waals surface area contributed by atoms with E-state index in [9.17, 15) is 0 Å². The van der Waals surface area contributed by atoms with Gasteiger partial charge in [0.1, 0.15) is 0 Å². The number of nitrogens with zero attached hydrogens (tertiary/aromatic N) is 1. The molecule has 0 radical (unpaired) electrons. The van der Waals surface area contributed by atoms with Crippen molar-refractivity contribution in [3.8, 4) is 0 Å². The van der Waals surface area contributed by atoms with E-state index in [1.54, 1.807) is 0 Å². The van der Waals surface area contributed by atoms with Gasteiger partial charge in [-0.25, -0.2) is 0 Å². The molecule has 0 aliphatic carbocycles. The molecule has 0 aromatic heterocycles. The van der Waals surface area contributed by atoms with Crippen LogP contribution in [0.25, 0.3) is 0 Å². The van der Waals surface area contributed by atoms with E-state index in [2.05, 4.69) is 36.4 Å². The van der Waals surface area contributed by atoms with Gasteiger partial charge in [-0.05, 0) is 18.9 Å². The van der Waals surface area contributed by atoms with Crippen LogP contribution < -0.4 is 16.4 Å². The van der Waals surface area contributed by atoms with Gasteiger partial charge in [-0.15, -0.1) is 0 Å². The zero-order chi connectivity index (χ0) is 10.6. The number of nitrogens with one attached hydrogen (secondary N) is 2. The first kappa shape index (κ1) is 11.6. The summed E-state index contributed by atoms with van der Waals surface area (Å²) in [6.07, 6.45) is 1.12. The van der Waals surface area contributed by atoms with Gasteiger partial charge in [-0.2, -0.15) is 0 Å². The van der Waals surface area contributed by atoms with Crippen molar-refractivity contribution in [1.29, 1.82) is 0 Å². The van der Waals surface area contributed by atoms with Gasteiger partial charge >= 0.3 is 0 Å². The summed E-state index contributed by atoms with van der Waals surface area (Å²) in [4.78, 5) is 4.48. The van der Waals surface area contributed by atoms with Gasteiger partial charge in [-0.1, -0.05) is 20.8 Å². The van der Waals surface area contributed by atoms with Crippen LogP contribution in [0, 0.1) is 5.92 Å². The van der Waals surface area contributed by atoms with Gasteiger partial charge in [0.25, 0.3) is 0 Å². The van der Waals surface area contributed by atoms with E-state index in [1.807, 2.05) is 0 Å². The Labute approximate surface area is 86.4 Å². The Morgan fingerprint density at radius 1 is 1.64 bits per heavy atom. The summed E-state index contributed by atoms with van der Waals surface area (Å²) in [6.45, 7) is 8.13. The monoisotopic (exact) mass is 198 g/mol. The molecule has 4 heteroatoms. The molecule has 4 nitrogen and oxygen atoms in total. The van der Waals surface area contributed by atoms with Crippen LogP contribution in [-0.4, -0.2) is 31.1 Å². The van der Waals surface area contributed by atoms with Gasteiger partial charge in [0.05, 0.1) is 18.9 Å². The smallest absolute Gasteiger partial charge is 0.0897 e. The average Bonchev–Trinajstić information content (AvgIpc) is 2.15. The first-order valence-electron chi connectivity index (χ1n) is 5.43. The van der Waals surface area contributed by atoms with Crippen molar-refractivity contribution in [2.75, 3.05) is 13.2 Å². The molecule has 0 bridgehead atoms. The Morgan fingerprint density at radius 3 is 2.93 bits per heavy atom. The van der Waals surface area contributed by atoms with E-state index in [0.717, 1.165) is 13.0 Å². The maximum atomic E-state index is 5.99. The first-order valence-corrected chi connectivity index (χ1v) is 5.43. The Hall–Kier alpha value is -0.450. The summed E-state index contributed by atoms with van der Waals surface area (Å²) < 4.78 is 0. The lowest BCUT2D eigenvalue weighted by atomic mass is 9.97. The van der Waals surface area contributed by atoms with Gasteiger partial charge in [0, 0.05) is 5.71 Å². The Bertz CT molecular complexity index is 200. The third-order valence-corrected chi connectivity index (χ3v) is 2.47. The van der Waals surface area contributed by atoms with Gasteiger partial charge < -0.3 is 11.1 Å². The van der Waals surface area contributed by atoms with Crippen LogP contribution >= 0.6 is 0 Å². The molecule has 0 saturated carbocycles. The van der Waals surface area contributed by atoms with E-state index in [-0.39, 0.29) is 12.2 Å². The van der Waals surface area contributed by atoms with E-state index in [0.29, 0.717) is 12.6 Å². The first-order chi connectivity index (χ1) is 6.66. The number of rotatable bonds is 4. The topological polar surface area (TPSA) is 62.4 Å². The van der Waals surface area contributed by atoms with Crippen molar-refractivity contribution in [3.05, 3.63) is 0 Å². The lowest BCUT2D eigenvalue weighted by Crippen LogP contribution is -2.61. The van der Waals surface area contributed by atoms with Crippen molar-refractivity contribution in [3.63, 3.8) is 0 Å². The lowest BCUT2D eigenvalue weighted by Gasteiger charge is -2.32. The Kier molecular flexibility index (Phi) is 4.51. The molecule has 1 aliphatic heterocycles. The van der Waals surface area contributed by atoms with Gasteiger partial charge in [-0.3, -0.25) is 10.3 Å². The largest absolute Gasteiger partial charge is 0.314 e. The standard InChI is InChI=1S/C10H22N4/c1-4-5-12-9-8(7(2)3)13-6-14-10(9)11/h7,9-10,12,14H,4-6,11H2,1-3H3. The van der Waals surface area contributed by atoms with E-state index >= 15 is 0 Å². The maximum absolute atomic E-state index is 5.99. The third kappa shape index (κ3) is 2.77. The second-order valence-corrected chi connectivity index (χ2v) is 4.06. The Morgan fingerprint density at radius 2 is 2.36 bits per heavy atom. The minimum absolute atomic E-state index is 0.00329. The van der Waals surface area contributed by atoms with Gasteiger partial charge in [0.2, 0.25) is 0 Å². The molecule has 0 fully saturated rings. The lowest BCUT2D eigenvalue weighted by molar-refractivity contribution is 0.416. The van der Waals surface area contributed by atoms with Gasteiger partial charge in [0.15, 0.2) is 0 Å². The molecule has 4 N–H and O–H groups in total. The predicted molar refractivity (Wildman–Crippen MR) is 60.3 cm³/mol. The molecule has 1 rings (SSSR count). The maximum Gasteiger partial charge on any atom is 0.0897 e. The third-order valence-electron chi connectivity index (χ3n) is 2.47. The van der Waals surface area contributed by atoms with E-state index < -0.39 is 0 Å². The molecule has 82 valence electrons. The fourth-order valence-corrected chi connectivity index (χ4v) is 1.72. The number of hydrogen-bond donors (Lipinski definition) is 3. The molecule has 2 unspecified atom stereocenters. The number of nitrogens with two attached hydrogens (primary N) is 1. The van der Waals surface area contributed by atoms with Crippen LogP contribution in [0.5, 0.6) is 0 Å². The molecule has 0 aromatic carbocycles. The number of hydrogen-bond acceptors (Lipinski definition) is 4. The quantitative estimate of drug-likeness (QED) is 0.609. The summed E-state index contributed by atoms with van der Waals surface area (Å²) in [7, 11) is 0. The van der Waals surface area contributed by atoms with Crippen LogP contribution in [0.15, 0.2) is 4.99 Å². The molecule has 0 spiro atoms. The van der Waals surface area contributed by atoms with Crippen molar-refractivity contribution in [2.24, 2.45) is 16.6 Å².